The van der Waals surface area contributed by atoms with E-state index in [0.29, 0.717) is 17.5 Å². The van der Waals surface area contributed by atoms with Crippen LogP contribution in [0.1, 0.15) is 25.0 Å². The molecular formula is C42H29N3Se. The average Bonchev–Trinajstić information content (AvgIpc) is 3.60. The standard InChI is InChI=1S/C42H29N3Se/c1-42(2)33-20-10-9-17-30(33)37-32(19-11-21-34(37)42)41-44-39(27-15-7-4-8-16-27)43-40(45-41)28-23-24-31-36(25-28)46-35-22-12-18-29(38(31)35)26-13-5-3-6-14-26/h3-25H,1-2H3. The number of aromatic nitrogens is 3. The number of benzene rings is 6. The van der Waals surface area contributed by atoms with Crippen molar-refractivity contribution in [1.29, 1.82) is 0 Å². The Morgan fingerprint density at radius 3 is 1.87 bits per heavy atom. The molecule has 0 fully saturated rings. The van der Waals surface area contributed by atoms with Gasteiger partial charge < -0.3 is 0 Å². The Morgan fingerprint density at radius 1 is 0.457 bits per heavy atom. The minimum atomic E-state index is -0.101. The first-order valence-electron chi connectivity index (χ1n) is 15.6. The number of hydrogen-bond donors (Lipinski definition) is 0. The zero-order valence-corrected chi connectivity index (χ0v) is 27.2. The first kappa shape index (κ1) is 27.2. The van der Waals surface area contributed by atoms with E-state index in [9.17, 15) is 0 Å². The quantitative estimate of drug-likeness (QED) is 0.177. The molecule has 9 rings (SSSR count). The summed E-state index contributed by atoms with van der Waals surface area (Å²) in [6.45, 7) is 4.62. The number of rotatable bonds is 4. The molecule has 3 nitrogen and oxygen atoms in total. The van der Waals surface area contributed by atoms with Crippen molar-refractivity contribution in [2.45, 2.75) is 19.3 Å². The average molecular weight is 655 g/mol. The van der Waals surface area contributed by atoms with Crippen LogP contribution in [0.15, 0.2) is 140 Å². The van der Waals surface area contributed by atoms with Gasteiger partial charge in [-0.2, -0.15) is 0 Å². The molecule has 6 aromatic carbocycles. The molecule has 0 atom stereocenters. The van der Waals surface area contributed by atoms with Crippen LogP contribution in [0.3, 0.4) is 0 Å². The third kappa shape index (κ3) is 4.22. The van der Waals surface area contributed by atoms with Crippen molar-refractivity contribution >= 4 is 33.8 Å². The molecule has 2 aromatic heterocycles. The van der Waals surface area contributed by atoms with Crippen LogP contribution >= 0.6 is 0 Å². The molecule has 1 aliphatic rings. The van der Waals surface area contributed by atoms with Crippen molar-refractivity contribution in [1.82, 2.24) is 15.0 Å². The Bertz CT molecular complexity index is 2440. The van der Waals surface area contributed by atoms with Crippen molar-refractivity contribution in [2.75, 3.05) is 0 Å². The van der Waals surface area contributed by atoms with Crippen LogP contribution in [-0.2, 0) is 5.41 Å². The summed E-state index contributed by atoms with van der Waals surface area (Å²) in [6.07, 6.45) is 0. The zero-order valence-electron chi connectivity index (χ0n) is 25.5. The van der Waals surface area contributed by atoms with Crippen molar-refractivity contribution in [3.8, 4) is 56.4 Å². The molecule has 0 saturated heterocycles. The summed E-state index contributed by atoms with van der Waals surface area (Å²) in [6, 6.07) is 49.8. The maximum absolute atomic E-state index is 5.22. The number of hydrogen-bond acceptors (Lipinski definition) is 3. The van der Waals surface area contributed by atoms with E-state index in [1.165, 1.54) is 52.7 Å². The summed E-state index contributed by atoms with van der Waals surface area (Å²) in [7, 11) is 0. The Kier molecular flexibility index (Phi) is 6.18. The summed E-state index contributed by atoms with van der Waals surface area (Å²) in [5.74, 6) is 2.09. The fourth-order valence-corrected chi connectivity index (χ4v) is 9.56. The Balaban J connectivity index is 1.25. The third-order valence-electron chi connectivity index (χ3n) is 9.36. The second kappa shape index (κ2) is 10.5. The first-order valence-corrected chi connectivity index (χ1v) is 17.3. The van der Waals surface area contributed by atoms with E-state index >= 15 is 0 Å². The summed E-state index contributed by atoms with van der Waals surface area (Å²) in [4.78, 5) is 15.4. The summed E-state index contributed by atoms with van der Waals surface area (Å²) < 4.78 is 2.78. The van der Waals surface area contributed by atoms with Gasteiger partial charge in [-0.1, -0.05) is 0 Å². The molecule has 0 amide bonds. The Labute approximate surface area is 274 Å². The second-order valence-electron chi connectivity index (χ2n) is 12.4. The van der Waals surface area contributed by atoms with Crippen LogP contribution in [0.4, 0.5) is 0 Å². The zero-order chi connectivity index (χ0) is 30.8. The van der Waals surface area contributed by atoms with Gasteiger partial charge in [0.25, 0.3) is 0 Å². The monoisotopic (exact) mass is 655 g/mol. The summed E-state index contributed by atoms with van der Waals surface area (Å²) in [5.41, 5.74) is 10.6. The minimum absolute atomic E-state index is 0.101. The van der Waals surface area contributed by atoms with E-state index in [2.05, 4.69) is 135 Å². The molecule has 218 valence electrons. The van der Waals surface area contributed by atoms with Gasteiger partial charge in [0, 0.05) is 0 Å². The predicted molar refractivity (Wildman–Crippen MR) is 191 cm³/mol. The van der Waals surface area contributed by atoms with E-state index in [4.69, 9.17) is 15.0 Å². The van der Waals surface area contributed by atoms with Crippen LogP contribution in [-0.4, -0.2) is 29.5 Å². The molecule has 4 heteroatoms. The molecule has 0 N–H and O–H groups in total. The molecule has 0 spiro atoms. The third-order valence-corrected chi connectivity index (χ3v) is 11.7. The van der Waals surface area contributed by atoms with E-state index < -0.39 is 0 Å². The van der Waals surface area contributed by atoms with Crippen molar-refractivity contribution < 1.29 is 0 Å². The van der Waals surface area contributed by atoms with E-state index in [1.807, 2.05) is 18.2 Å². The molecular weight excluding hydrogens is 625 g/mol. The molecule has 0 radical (unpaired) electrons. The summed E-state index contributed by atoms with van der Waals surface area (Å²) >= 11 is 0.194. The molecule has 0 aliphatic heterocycles. The van der Waals surface area contributed by atoms with Crippen molar-refractivity contribution in [3.63, 3.8) is 0 Å². The van der Waals surface area contributed by atoms with Gasteiger partial charge in [0.05, 0.1) is 0 Å². The second-order valence-corrected chi connectivity index (χ2v) is 14.7. The maximum atomic E-state index is 5.22. The Hall–Kier alpha value is -5.15. The number of fused-ring (bicyclic) bond motifs is 6. The normalized spacial score (nSPS) is 13.2. The van der Waals surface area contributed by atoms with Crippen LogP contribution in [0, 0.1) is 0 Å². The van der Waals surface area contributed by atoms with Gasteiger partial charge in [-0.25, -0.2) is 0 Å². The topological polar surface area (TPSA) is 38.7 Å². The molecule has 1 aliphatic carbocycles. The van der Waals surface area contributed by atoms with Gasteiger partial charge in [-0.15, -0.1) is 0 Å². The molecule has 46 heavy (non-hydrogen) atoms. The fourth-order valence-electron chi connectivity index (χ4n) is 7.11. The van der Waals surface area contributed by atoms with Gasteiger partial charge in [0.1, 0.15) is 0 Å². The summed E-state index contributed by atoms with van der Waals surface area (Å²) in [5, 5.41) is 2.67. The SMILES string of the molecule is CC1(C)c2ccccc2-c2c(-c3nc(-c4ccccc4)nc(-c4ccc5c(c4)[se]c4cccc(-c6ccccc6)c45)n3)cccc21. The van der Waals surface area contributed by atoms with Crippen LogP contribution < -0.4 is 0 Å². The van der Waals surface area contributed by atoms with E-state index in [-0.39, 0.29) is 19.9 Å². The van der Waals surface area contributed by atoms with Crippen LogP contribution in [0.2, 0.25) is 0 Å². The molecule has 0 unspecified atom stereocenters. The predicted octanol–water partition coefficient (Wildman–Crippen LogP) is 10.2. The molecule has 0 saturated carbocycles. The molecule has 0 bridgehead atoms. The van der Waals surface area contributed by atoms with Gasteiger partial charge in [-0.3, -0.25) is 0 Å². The first-order chi connectivity index (χ1) is 22.6. The van der Waals surface area contributed by atoms with Gasteiger partial charge >= 0.3 is 275 Å². The van der Waals surface area contributed by atoms with E-state index in [1.54, 1.807) is 0 Å². The molecule has 2 heterocycles. The van der Waals surface area contributed by atoms with Gasteiger partial charge in [0.15, 0.2) is 0 Å². The Morgan fingerprint density at radius 2 is 1.07 bits per heavy atom. The number of nitrogens with zero attached hydrogens (tertiary/aromatic N) is 3. The van der Waals surface area contributed by atoms with Gasteiger partial charge in [0.2, 0.25) is 0 Å². The molecule has 8 aromatic rings. The fraction of sp³-hybridized carbons (Fsp3) is 0.0714. The van der Waals surface area contributed by atoms with E-state index in [0.717, 1.165) is 16.7 Å². The van der Waals surface area contributed by atoms with Gasteiger partial charge in [-0.05, 0) is 0 Å². The van der Waals surface area contributed by atoms with Crippen LogP contribution in [0.25, 0.3) is 75.7 Å². The van der Waals surface area contributed by atoms with Crippen molar-refractivity contribution in [3.05, 3.63) is 151 Å². The van der Waals surface area contributed by atoms with Crippen LogP contribution in [0.5, 0.6) is 0 Å². The van der Waals surface area contributed by atoms with Crippen molar-refractivity contribution in [2.24, 2.45) is 0 Å².